The molecule has 18 heteroatoms. The van der Waals surface area contributed by atoms with E-state index < -0.39 is 114 Å². The highest BCUT2D eigenvalue weighted by atomic mass is 16.7. The second kappa shape index (κ2) is 19.4. The van der Waals surface area contributed by atoms with E-state index in [2.05, 4.69) is 26.5 Å². The molecule has 1 N–H and O–H groups in total. The third-order valence-electron chi connectivity index (χ3n) is 14.9. The topological polar surface area (TPSA) is 232 Å². The maximum Gasteiger partial charge on any atom is 0.303 e. The molecular formula is C47H66O18. The fourth-order valence-corrected chi connectivity index (χ4v) is 12.7. The number of hydrogen-bond donors (Lipinski definition) is 1. The van der Waals surface area contributed by atoms with Crippen LogP contribution in [0.1, 0.15) is 114 Å². The number of ether oxygens (including phenoxy) is 10. The predicted molar refractivity (Wildman–Crippen MR) is 223 cm³/mol. The molecule has 6 rings (SSSR count). The molecule has 4 aliphatic carbocycles. The van der Waals surface area contributed by atoms with Gasteiger partial charge in [0.1, 0.15) is 31.0 Å². The van der Waals surface area contributed by atoms with Crippen molar-refractivity contribution in [2.45, 2.75) is 175 Å². The van der Waals surface area contributed by atoms with Crippen molar-refractivity contribution in [3.63, 3.8) is 0 Å². The van der Waals surface area contributed by atoms with Gasteiger partial charge in [-0.2, -0.15) is 0 Å². The number of esters is 7. The van der Waals surface area contributed by atoms with Crippen molar-refractivity contribution < 1.29 is 86.0 Å². The average Bonchev–Trinajstić information content (AvgIpc) is 3.61. The normalized spacial score (nSPS) is 40.3. The van der Waals surface area contributed by atoms with Gasteiger partial charge < -0.3 is 52.5 Å². The molecule has 0 aromatic heterocycles. The Morgan fingerprint density at radius 1 is 0.769 bits per heavy atom. The largest absolute Gasteiger partial charge is 0.463 e. The molecule has 0 aromatic carbocycles. The third-order valence-corrected chi connectivity index (χ3v) is 14.9. The van der Waals surface area contributed by atoms with Crippen molar-refractivity contribution >= 4 is 41.8 Å². The number of fused-ring (bicyclic) bond motifs is 7. The Hall–Kier alpha value is -4.39. The number of carbonyl (C=O) groups excluding carboxylic acids is 7. The van der Waals surface area contributed by atoms with Gasteiger partial charge in [0.05, 0.1) is 12.7 Å². The summed E-state index contributed by atoms with van der Waals surface area (Å²) < 4.78 is 58.4. The quantitative estimate of drug-likeness (QED) is 0.145. The van der Waals surface area contributed by atoms with E-state index in [1.807, 2.05) is 6.92 Å². The lowest BCUT2D eigenvalue weighted by Crippen LogP contribution is -2.63. The summed E-state index contributed by atoms with van der Waals surface area (Å²) in [6, 6.07) is 0. The molecule has 2 saturated heterocycles. The van der Waals surface area contributed by atoms with Gasteiger partial charge in [-0.05, 0) is 48.9 Å². The highest BCUT2D eigenvalue weighted by molar-refractivity contribution is 5.69. The zero-order valence-electron chi connectivity index (χ0n) is 39.1. The molecule has 18 nitrogen and oxygen atoms in total. The van der Waals surface area contributed by atoms with Crippen LogP contribution in [0.5, 0.6) is 0 Å². The molecule has 0 spiro atoms. The van der Waals surface area contributed by atoms with Gasteiger partial charge in [0.2, 0.25) is 0 Å². The van der Waals surface area contributed by atoms with Gasteiger partial charge in [-0.3, -0.25) is 33.6 Å². The minimum atomic E-state index is -1.56. The van der Waals surface area contributed by atoms with Crippen LogP contribution in [0.25, 0.3) is 0 Å². The molecule has 6 aliphatic rings. The summed E-state index contributed by atoms with van der Waals surface area (Å²) in [5.41, 5.74) is 0.426. The van der Waals surface area contributed by atoms with Crippen molar-refractivity contribution in [3.05, 3.63) is 23.8 Å². The van der Waals surface area contributed by atoms with Crippen LogP contribution < -0.4 is 0 Å². The van der Waals surface area contributed by atoms with E-state index in [9.17, 15) is 38.7 Å². The van der Waals surface area contributed by atoms with Gasteiger partial charge in [-0.1, -0.05) is 44.6 Å². The molecule has 0 bridgehead atoms. The highest BCUT2D eigenvalue weighted by Crippen LogP contribution is 2.70. The standard InChI is InChI=1S/C47H66O18/c1-22(20-57-44-43(63-30(9)54)42(62-29(8)53)41(61-28(7)52)37(64-44)21-56-24(3)48)14-15-47(55)23(2)39-35(65-47)18-34-33-13-12-31-16-32(58-25(4)49)17-38(60-27(6)51)46(31,11)40(33)36(59-26(5)50)19-45(34,39)10/h12,23,32-44,55H,1,13-21H2,2-11H3. The average molecular weight is 919 g/mol. The number of carbonyl (C=O) groups is 7. The maximum absolute atomic E-state index is 12.9. The van der Waals surface area contributed by atoms with Crippen molar-refractivity contribution in [1.29, 1.82) is 0 Å². The summed E-state index contributed by atoms with van der Waals surface area (Å²) >= 11 is 0. The van der Waals surface area contributed by atoms with Crippen LogP contribution in [0.4, 0.5) is 0 Å². The second-order valence-electron chi connectivity index (χ2n) is 19.4. The van der Waals surface area contributed by atoms with Crippen LogP contribution in [0.15, 0.2) is 23.8 Å². The van der Waals surface area contributed by atoms with Crippen LogP contribution in [0.3, 0.4) is 0 Å². The summed E-state index contributed by atoms with van der Waals surface area (Å²) in [6.45, 7) is 18.6. The summed E-state index contributed by atoms with van der Waals surface area (Å²) in [7, 11) is 0. The maximum atomic E-state index is 12.9. The van der Waals surface area contributed by atoms with E-state index in [0.29, 0.717) is 37.7 Å². The van der Waals surface area contributed by atoms with Crippen molar-refractivity contribution in [3.8, 4) is 0 Å². The second-order valence-corrected chi connectivity index (χ2v) is 19.4. The fraction of sp³-hybridized carbons (Fsp3) is 0.766. The number of hydrogen-bond acceptors (Lipinski definition) is 18. The number of aliphatic hydroxyl groups is 1. The van der Waals surface area contributed by atoms with Crippen LogP contribution in [0, 0.1) is 40.4 Å². The first-order valence-corrected chi connectivity index (χ1v) is 22.6. The summed E-state index contributed by atoms with van der Waals surface area (Å²) in [4.78, 5) is 85.9. The fourth-order valence-electron chi connectivity index (χ4n) is 12.7. The Kier molecular flexibility index (Phi) is 15.0. The van der Waals surface area contributed by atoms with Crippen LogP contribution >= 0.6 is 0 Å². The highest BCUT2D eigenvalue weighted by Gasteiger charge is 2.71. The molecule has 0 aromatic rings. The Morgan fingerprint density at radius 3 is 1.97 bits per heavy atom. The lowest BCUT2D eigenvalue weighted by molar-refractivity contribution is -0.306. The Balaban J connectivity index is 1.18. The Morgan fingerprint density at radius 2 is 1.37 bits per heavy atom. The van der Waals surface area contributed by atoms with Crippen LogP contribution in [-0.4, -0.2) is 121 Å². The first-order chi connectivity index (χ1) is 30.4. The van der Waals surface area contributed by atoms with Gasteiger partial charge in [-0.15, -0.1) is 0 Å². The summed E-state index contributed by atoms with van der Waals surface area (Å²) in [5, 5.41) is 12.3. The van der Waals surface area contributed by atoms with Gasteiger partial charge in [0.15, 0.2) is 30.4 Å². The van der Waals surface area contributed by atoms with Crippen molar-refractivity contribution in [2.75, 3.05) is 13.2 Å². The van der Waals surface area contributed by atoms with Gasteiger partial charge in [-0.25, -0.2) is 0 Å². The minimum Gasteiger partial charge on any atom is -0.463 e. The summed E-state index contributed by atoms with van der Waals surface area (Å²) in [5.74, 6) is -6.30. The smallest absolute Gasteiger partial charge is 0.303 e. The molecular weight excluding hydrogens is 852 g/mol. The first-order valence-electron chi connectivity index (χ1n) is 22.6. The zero-order chi connectivity index (χ0) is 47.9. The molecule has 17 atom stereocenters. The molecule has 17 unspecified atom stereocenters. The molecule has 65 heavy (non-hydrogen) atoms. The van der Waals surface area contributed by atoms with Crippen molar-refractivity contribution in [2.24, 2.45) is 40.4 Å². The van der Waals surface area contributed by atoms with E-state index in [1.54, 1.807) is 0 Å². The molecule has 5 fully saturated rings. The van der Waals surface area contributed by atoms with Crippen LogP contribution in [0.2, 0.25) is 0 Å². The lowest BCUT2D eigenvalue weighted by Gasteiger charge is -2.61. The van der Waals surface area contributed by atoms with Crippen molar-refractivity contribution in [1.82, 2.24) is 0 Å². The predicted octanol–water partition coefficient (Wildman–Crippen LogP) is 4.35. The lowest BCUT2D eigenvalue weighted by atomic mass is 9.45. The molecule has 0 amide bonds. The third kappa shape index (κ3) is 10.3. The Bertz CT molecular complexity index is 1930. The molecule has 3 saturated carbocycles. The monoisotopic (exact) mass is 918 g/mol. The minimum absolute atomic E-state index is 0.0257. The SMILES string of the molecule is C=C(CCC1(O)OC2CC3C4CC=C5CC(OC(C)=O)CC(OC(C)=O)C5(C)C4C(OC(C)=O)CC3(C)C2C1C)COC1OC(COC(C)=O)C(OC(C)=O)C(OC(C)=O)C1OC(C)=O. The number of rotatable bonds is 14. The first kappa shape index (κ1) is 50.0. The van der Waals surface area contributed by atoms with E-state index in [-0.39, 0.29) is 55.1 Å². The van der Waals surface area contributed by atoms with Gasteiger partial charge in [0, 0.05) is 85.0 Å². The van der Waals surface area contributed by atoms with E-state index in [4.69, 9.17) is 47.4 Å². The van der Waals surface area contributed by atoms with E-state index >= 15 is 0 Å². The van der Waals surface area contributed by atoms with E-state index in [1.165, 1.54) is 27.7 Å². The van der Waals surface area contributed by atoms with Gasteiger partial charge in [0.25, 0.3) is 0 Å². The molecule has 2 heterocycles. The van der Waals surface area contributed by atoms with Crippen LogP contribution in [-0.2, 0) is 80.9 Å². The molecule has 0 radical (unpaired) electrons. The van der Waals surface area contributed by atoms with Gasteiger partial charge >= 0.3 is 41.8 Å². The summed E-state index contributed by atoms with van der Waals surface area (Å²) in [6.07, 6.45) is -3.39. The Labute approximate surface area is 379 Å². The van der Waals surface area contributed by atoms with E-state index in [0.717, 1.165) is 26.3 Å². The zero-order valence-corrected chi connectivity index (χ0v) is 39.1. The molecule has 2 aliphatic heterocycles. The molecule has 362 valence electrons. The number of allylic oxidation sites excluding steroid dienone is 1.